The van der Waals surface area contributed by atoms with Gasteiger partial charge >= 0.3 is 0 Å². The summed E-state index contributed by atoms with van der Waals surface area (Å²) in [4.78, 5) is 28.1. The fourth-order valence-corrected chi connectivity index (χ4v) is 3.29. The van der Waals surface area contributed by atoms with Crippen molar-refractivity contribution < 1.29 is 9.59 Å². The molecule has 0 saturated carbocycles. The summed E-state index contributed by atoms with van der Waals surface area (Å²) < 4.78 is 0. The van der Waals surface area contributed by atoms with Gasteiger partial charge in [0, 0.05) is 23.8 Å². The summed E-state index contributed by atoms with van der Waals surface area (Å²) in [5.74, 6) is 0.741. The zero-order valence-electron chi connectivity index (χ0n) is 11.6. The number of fused-ring (bicyclic) bond motifs is 1. The lowest BCUT2D eigenvalue weighted by molar-refractivity contribution is -0.122. The summed E-state index contributed by atoms with van der Waals surface area (Å²) in [6, 6.07) is 7.81. The molecule has 0 fully saturated rings. The molecule has 1 atom stereocenters. The van der Waals surface area contributed by atoms with Crippen molar-refractivity contribution in [2.45, 2.75) is 19.3 Å². The average Bonchev–Trinajstić information content (AvgIpc) is 2.98. The molecular weight excluding hydrogens is 286 g/mol. The van der Waals surface area contributed by atoms with Crippen LogP contribution in [0, 0.1) is 5.92 Å². The van der Waals surface area contributed by atoms with Gasteiger partial charge in [0.05, 0.1) is 6.54 Å². The Bertz CT molecular complexity index is 600. The zero-order chi connectivity index (χ0) is 14.7. The molecule has 1 aromatic carbocycles. The number of nitrogens with one attached hydrogen (secondary N) is 2. The number of hydrogen-bond acceptors (Lipinski definition) is 4. The van der Waals surface area contributed by atoms with Crippen LogP contribution in [0.5, 0.6) is 0 Å². The Balaban J connectivity index is 1.53. The molecule has 0 spiro atoms. The Kier molecular flexibility index (Phi) is 4.24. The van der Waals surface area contributed by atoms with Gasteiger partial charge in [-0.05, 0) is 24.5 Å². The van der Waals surface area contributed by atoms with Crippen LogP contribution in [0.25, 0.3) is 0 Å². The molecule has 5 nitrogen and oxygen atoms in total. The van der Waals surface area contributed by atoms with Crippen LogP contribution >= 0.6 is 11.8 Å². The first kappa shape index (κ1) is 14.1. The van der Waals surface area contributed by atoms with Crippen molar-refractivity contribution in [1.82, 2.24) is 5.32 Å². The monoisotopic (exact) mass is 303 g/mol. The van der Waals surface area contributed by atoms with Crippen molar-refractivity contribution in [3.05, 3.63) is 29.8 Å². The number of thioether (sulfide) groups is 1. The Morgan fingerprint density at radius 3 is 3.10 bits per heavy atom. The van der Waals surface area contributed by atoms with Crippen molar-refractivity contribution in [3.63, 3.8) is 0 Å². The highest BCUT2D eigenvalue weighted by Gasteiger charge is 2.26. The molecule has 2 aliphatic rings. The molecule has 2 aliphatic heterocycles. The fourth-order valence-electron chi connectivity index (χ4n) is 2.54. The number of amides is 2. The molecule has 2 heterocycles. The van der Waals surface area contributed by atoms with Crippen molar-refractivity contribution in [2.24, 2.45) is 10.9 Å². The first-order chi connectivity index (χ1) is 10.2. The van der Waals surface area contributed by atoms with E-state index in [0.29, 0.717) is 24.4 Å². The second-order valence-electron chi connectivity index (χ2n) is 5.17. The first-order valence-corrected chi connectivity index (χ1v) is 8.07. The van der Waals surface area contributed by atoms with E-state index in [4.69, 9.17) is 0 Å². The fraction of sp³-hybridized carbons (Fsp3) is 0.400. The number of nitrogens with zero attached hydrogens (tertiary/aromatic N) is 1. The smallest absolute Gasteiger partial charge is 0.227 e. The molecule has 2 amide bonds. The van der Waals surface area contributed by atoms with E-state index in [1.165, 1.54) is 0 Å². The summed E-state index contributed by atoms with van der Waals surface area (Å²) in [6.45, 7) is 0.766. The van der Waals surface area contributed by atoms with Gasteiger partial charge in [-0.3, -0.25) is 14.6 Å². The lowest BCUT2D eigenvalue weighted by Gasteiger charge is -2.24. The highest BCUT2D eigenvalue weighted by molar-refractivity contribution is 8.14. The maximum absolute atomic E-state index is 12.0. The molecule has 110 valence electrons. The highest BCUT2D eigenvalue weighted by atomic mass is 32.2. The van der Waals surface area contributed by atoms with E-state index in [0.717, 1.165) is 23.5 Å². The second kappa shape index (κ2) is 6.30. The number of hydrogen-bond donors (Lipinski definition) is 2. The zero-order valence-corrected chi connectivity index (χ0v) is 12.4. The van der Waals surface area contributed by atoms with Gasteiger partial charge in [-0.15, -0.1) is 0 Å². The third kappa shape index (κ3) is 3.44. The quantitative estimate of drug-likeness (QED) is 0.894. The van der Waals surface area contributed by atoms with E-state index in [1.807, 2.05) is 24.3 Å². The Morgan fingerprint density at radius 2 is 2.29 bits per heavy atom. The number of amidine groups is 1. The number of carbonyl (C=O) groups excluding carboxylic acids is 2. The first-order valence-electron chi connectivity index (χ1n) is 7.08. The minimum absolute atomic E-state index is 0.00841. The Morgan fingerprint density at radius 1 is 1.43 bits per heavy atom. The van der Waals surface area contributed by atoms with Gasteiger partial charge in [-0.1, -0.05) is 30.0 Å². The van der Waals surface area contributed by atoms with Crippen LogP contribution in [-0.4, -0.2) is 29.3 Å². The summed E-state index contributed by atoms with van der Waals surface area (Å²) >= 11 is 1.56. The molecule has 21 heavy (non-hydrogen) atoms. The second-order valence-corrected chi connectivity index (χ2v) is 6.25. The highest BCUT2D eigenvalue weighted by Crippen LogP contribution is 2.27. The van der Waals surface area contributed by atoms with Gasteiger partial charge in [0.2, 0.25) is 11.8 Å². The molecule has 2 N–H and O–H groups in total. The lowest BCUT2D eigenvalue weighted by Crippen LogP contribution is -2.32. The van der Waals surface area contributed by atoms with Crippen molar-refractivity contribution in [1.29, 1.82) is 0 Å². The van der Waals surface area contributed by atoms with Crippen LogP contribution in [0.4, 0.5) is 5.69 Å². The molecule has 6 heteroatoms. The van der Waals surface area contributed by atoms with Crippen LogP contribution in [0.3, 0.4) is 0 Å². The van der Waals surface area contributed by atoms with Crippen LogP contribution < -0.4 is 10.6 Å². The van der Waals surface area contributed by atoms with Gasteiger partial charge in [0.15, 0.2) is 5.17 Å². The standard InChI is InChI=1S/C15H17N3O2S/c19-13(18-15-16-7-8-21-15)6-5-11-9-10-3-1-2-4-12(10)17-14(11)20/h1-4,11H,5-9H2,(H,17,20)(H,16,18,19)/t11-/m1/s1. The van der Waals surface area contributed by atoms with Crippen LogP contribution in [-0.2, 0) is 16.0 Å². The minimum atomic E-state index is -0.135. The third-order valence-corrected chi connectivity index (χ3v) is 4.56. The van der Waals surface area contributed by atoms with Crippen molar-refractivity contribution in [3.8, 4) is 0 Å². The van der Waals surface area contributed by atoms with E-state index in [2.05, 4.69) is 15.6 Å². The largest absolute Gasteiger partial charge is 0.326 e. The molecular formula is C15H17N3O2S. The van der Waals surface area contributed by atoms with E-state index in [1.54, 1.807) is 11.8 Å². The minimum Gasteiger partial charge on any atom is -0.326 e. The maximum Gasteiger partial charge on any atom is 0.227 e. The molecule has 3 rings (SSSR count). The molecule has 0 aromatic heterocycles. The van der Waals surface area contributed by atoms with Gasteiger partial charge in [0.1, 0.15) is 0 Å². The van der Waals surface area contributed by atoms with Gasteiger partial charge in [-0.25, -0.2) is 0 Å². The molecule has 0 aliphatic carbocycles. The Hall–Kier alpha value is -1.82. The van der Waals surface area contributed by atoms with Gasteiger partial charge < -0.3 is 10.6 Å². The number of para-hydroxylation sites is 1. The number of carbonyl (C=O) groups is 2. The van der Waals surface area contributed by atoms with Crippen LogP contribution in [0.1, 0.15) is 18.4 Å². The number of benzene rings is 1. The van der Waals surface area contributed by atoms with Crippen molar-refractivity contribution in [2.75, 3.05) is 17.6 Å². The van der Waals surface area contributed by atoms with Crippen LogP contribution in [0.15, 0.2) is 29.3 Å². The average molecular weight is 303 g/mol. The summed E-state index contributed by atoms with van der Waals surface area (Å²) in [5, 5.41) is 6.41. The molecule has 0 unspecified atom stereocenters. The number of aliphatic imine (C=N–C) groups is 1. The molecule has 0 saturated heterocycles. The molecule has 1 aromatic rings. The topological polar surface area (TPSA) is 70.6 Å². The van der Waals surface area contributed by atoms with Gasteiger partial charge in [0.25, 0.3) is 0 Å². The van der Waals surface area contributed by atoms with Crippen LogP contribution in [0.2, 0.25) is 0 Å². The van der Waals surface area contributed by atoms with E-state index < -0.39 is 0 Å². The predicted molar refractivity (Wildman–Crippen MR) is 84.4 cm³/mol. The van der Waals surface area contributed by atoms with E-state index in [-0.39, 0.29) is 17.7 Å². The summed E-state index contributed by atoms with van der Waals surface area (Å²) in [5.41, 5.74) is 2.03. The third-order valence-electron chi connectivity index (χ3n) is 3.66. The lowest BCUT2D eigenvalue weighted by atomic mass is 9.89. The molecule has 0 bridgehead atoms. The normalized spacial score (nSPS) is 20.5. The summed E-state index contributed by atoms with van der Waals surface area (Å²) in [6.07, 6.45) is 1.61. The van der Waals surface area contributed by atoms with E-state index >= 15 is 0 Å². The van der Waals surface area contributed by atoms with E-state index in [9.17, 15) is 9.59 Å². The maximum atomic E-state index is 12.0. The summed E-state index contributed by atoms with van der Waals surface area (Å²) in [7, 11) is 0. The SMILES string of the molecule is O=C(CC[C@@H]1Cc2ccccc2NC1=O)NC1=NCCS1. The number of rotatable bonds is 3. The predicted octanol–water partition coefficient (Wildman–Crippen LogP) is 1.80. The van der Waals surface area contributed by atoms with Gasteiger partial charge in [-0.2, -0.15) is 0 Å². The Labute approximate surface area is 127 Å². The number of anilines is 1. The van der Waals surface area contributed by atoms with Crippen molar-refractivity contribution >= 4 is 34.4 Å². The molecule has 0 radical (unpaired) electrons.